The molecule has 6 aromatic carbocycles. The summed E-state index contributed by atoms with van der Waals surface area (Å²) >= 11 is 0. The Hall–Kier alpha value is -8.11. The number of nitrogens with zero attached hydrogens (tertiary/aromatic N) is 4. The molecule has 23 heteroatoms. The number of rotatable bonds is 12. The standard InChI is InChI=1S/C26H31F3N2O3.C25H29F3N2O3.C21H23F3N2O.2CH4.ClH/c1-17-12-20(15-21(13-17)26(27,28)29)19-9-6-8-18(14-19)16-30(5)23(32)22-10-7-11-31(22)24(33)34-25(2,3)4;1-16-11-19(14-20(12-16)25(26,27)28)18-8-5-7-17(13-18)15-29-22(31)21-9-6-10-30(21)23(32)33-24(2,3)4;1-14-9-17(12-18(10-14)21(22,23)24)16-6-3-5-15(11-16)13-26(2)20(27)19-7-4-8-25-19;;;/h6,8-9,12-15,22H,7,10-11,16H2,1-5H3;5,7-8,11-14,21H,6,9-10,15H2,1-4H3,(H,29,31);3,5-6,9-12,19,25H,4,7-8,13H2,1-2H3;2*1H4;1H/t22-;21-;19-;;;/m000.../s1. The van der Waals surface area contributed by atoms with E-state index in [0.717, 1.165) is 66.4 Å². The highest BCUT2D eigenvalue weighted by molar-refractivity contribution is 5.87. The van der Waals surface area contributed by atoms with Gasteiger partial charge in [-0.25, -0.2) is 9.59 Å². The molecule has 530 valence electrons. The van der Waals surface area contributed by atoms with Crippen LogP contribution < -0.4 is 10.6 Å². The van der Waals surface area contributed by atoms with Gasteiger partial charge in [0, 0.05) is 46.8 Å². The second-order valence-corrected chi connectivity index (χ2v) is 26.3. The number of ether oxygens (including phenoxy) is 2. The number of nitrogens with one attached hydrogen (secondary N) is 2. The molecule has 3 fully saturated rings. The molecular formula is C74H92ClF9N6O7. The van der Waals surface area contributed by atoms with Gasteiger partial charge in [-0.2, -0.15) is 39.5 Å². The van der Waals surface area contributed by atoms with Gasteiger partial charge >= 0.3 is 30.7 Å². The van der Waals surface area contributed by atoms with Crippen LogP contribution in [0, 0.1) is 20.8 Å². The van der Waals surface area contributed by atoms with Crippen LogP contribution in [-0.2, 0) is 62.0 Å². The van der Waals surface area contributed by atoms with Gasteiger partial charge in [0.05, 0.1) is 22.7 Å². The Morgan fingerprint density at radius 1 is 0.485 bits per heavy atom. The summed E-state index contributed by atoms with van der Waals surface area (Å²) in [5.74, 6) is -0.421. The molecule has 3 aliphatic heterocycles. The summed E-state index contributed by atoms with van der Waals surface area (Å²) in [7, 11) is 3.42. The van der Waals surface area contributed by atoms with Crippen LogP contribution in [0.5, 0.6) is 0 Å². The predicted molar refractivity (Wildman–Crippen MR) is 363 cm³/mol. The molecule has 9 rings (SSSR count). The SMILES string of the molecule is C.C.Cc1cc(-c2cccc(CN(C)C(=O)[C@@H]3CCCN3)c2)cc(C(F)(F)F)c1.Cc1cc(-c2cccc(CN(C)C(=O)[C@@H]3CCCN3C(=O)OC(C)(C)C)c2)cc(C(F)(F)F)c1.Cc1cc(-c2cccc(CNC(=O)[C@@H]3CCCN3C(=O)OC(C)(C)C)c2)cc(C(F)(F)F)c1.Cl. The number of aryl methyl sites for hydroxylation is 3. The van der Waals surface area contributed by atoms with Gasteiger partial charge in [-0.1, -0.05) is 87.6 Å². The second-order valence-electron chi connectivity index (χ2n) is 26.3. The van der Waals surface area contributed by atoms with Crippen molar-refractivity contribution in [2.75, 3.05) is 33.7 Å². The molecule has 3 atom stereocenters. The van der Waals surface area contributed by atoms with Crippen molar-refractivity contribution in [1.29, 1.82) is 0 Å². The zero-order chi connectivity index (χ0) is 69.3. The lowest BCUT2D eigenvalue weighted by Crippen LogP contribution is -2.47. The number of alkyl halides is 9. The normalized spacial score (nSPS) is 16.2. The highest BCUT2D eigenvalue weighted by atomic mass is 35.5. The van der Waals surface area contributed by atoms with Crippen LogP contribution in [0.15, 0.2) is 127 Å². The monoisotopic (exact) mass is 1380 g/mol. The highest BCUT2D eigenvalue weighted by Crippen LogP contribution is 2.37. The van der Waals surface area contributed by atoms with Crippen molar-refractivity contribution in [3.8, 4) is 33.4 Å². The van der Waals surface area contributed by atoms with Gasteiger partial charge in [-0.05, 0) is 229 Å². The molecule has 3 heterocycles. The molecule has 13 nitrogen and oxygen atoms in total. The van der Waals surface area contributed by atoms with Gasteiger partial charge < -0.3 is 29.9 Å². The largest absolute Gasteiger partial charge is 0.444 e. The van der Waals surface area contributed by atoms with Crippen molar-refractivity contribution >= 4 is 42.3 Å². The van der Waals surface area contributed by atoms with Gasteiger partial charge in [-0.15, -0.1) is 12.4 Å². The Balaban J connectivity index is 0.000000307. The number of likely N-dealkylation sites (tertiary alicyclic amines) is 2. The second kappa shape index (κ2) is 33.9. The summed E-state index contributed by atoms with van der Waals surface area (Å²) in [5.41, 5.74) is 4.11. The Labute approximate surface area is 570 Å². The van der Waals surface area contributed by atoms with E-state index in [9.17, 15) is 63.5 Å². The average molecular weight is 1380 g/mol. The van der Waals surface area contributed by atoms with Crippen molar-refractivity contribution in [3.05, 3.63) is 177 Å². The quantitative estimate of drug-likeness (QED) is 0.115. The van der Waals surface area contributed by atoms with Crippen molar-refractivity contribution in [3.63, 3.8) is 0 Å². The van der Waals surface area contributed by atoms with E-state index in [-0.39, 0.29) is 64.1 Å². The topological polar surface area (TPSA) is 141 Å². The molecule has 3 saturated heterocycles. The van der Waals surface area contributed by atoms with Crippen LogP contribution >= 0.6 is 12.4 Å². The minimum absolute atomic E-state index is 0. The molecule has 3 aliphatic rings. The molecular weight excluding hydrogens is 1290 g/mol. The molecule has 0 aliphatic carbocycles. The Bertz CT molecular complexity index is 3670. The first-order valence-corrected chi connectivity index (χ1v) is 31.2. The fraction of sp³-hybridized carbons (Fsp3) is 0.446. The fourth-order valence-electron chi connectivity index (χ4n) is 11.5. The Kier molecular flexibility index (Phi) is 28.4. The Morgan fingerprint density at radius 2 is 0.845 bits per heavy atom. The lowest BCUT2D eigenvalue weighted by molar-refractivity contribution is -0.138. The first-order chi connectivity index (χ1) is 43.8. The third kappa shape index (κ3) is 23.6. The summed E-state index contributed by atoms with van der Waals surface area (Å²) in [6, 6.07) is 32.2. The van der Waals surface area contributed by atoms with Crippen LogP contribution in [0.25, 0.3) is 33.4 Å². The van der Waals surface area contributed by atoms with E-state index in [1.165, 1.54) is 15.9 Å². The zero-order valence-electron chi connectivity index (χ0n) is 55.3. The molecule has 0 unspecified atom stereocenters. The number of halogens is 10. The smallest absolute Gasteiger partial charge is 0.416 e. The van der Waals surface area contributed by atoms with Crippen molar-refractivity contribution < 1.29 is 73.0 Å². The molecule has 6 aromatic rings. The third-order valence-corrected chi connectivity index (χ3v) is 15.8. The number of hydrogen-bond donors (Lipinski definition) is 2. The first kappa shape index (κ1) is 81.3. The van der Waals surface area contributed by atoms with Crippen LogP contribution in [0.2, 0.25) is 0 Å². The van der Waals surface area contributed by atoms with Gasteiger partial charge in [0.1, 0.15) is 23.3 Å². The maximum Gasteiger partial charge on any atom is 0.416 e. The fourth-order valence-corrected chi connectivity index (χ4v) is 11.5. The molecule has 0 bridgehead atoms. The van der Waals surface area contributed by atoms with Crippen LogP contribution in [0.4, 0.5) is 49.1 Å². The summed E-state index contributed by atoms with van der Waals surface area (Å²) in [6.07, 6.45) is -9.86. The number of benzene rings is 6. The number of carbonyl (C=O) groups is 5. The van der Waals surface area contributed by atoms with Gasteiger partial charge in [-0.3, -0.25) is 24.2 Å². The summed E-state index contributed by atoms with van der Waals surface area (Å²) in [5, 5.41) is 6.04. The lowest BCUT2D eigenvalue weighted by Gasteiger charge is -2.30. The minimum atomic E-state index is -4.42. The maximum atomic E-state index is 13.2. The van der Waals surface area contributed by atoms with E-state index >= 15 is 0 Å². The van der Waals surface area contributed by atoms with Crippen molar-refractivity contribution in [1.82, 2.24) is 30.2 Å². The third-order valence-electron chi connectivity index (χ3n) is 15.8. The van der Waals surface area contributed by atoms with E-state index in [2.05, 4.69) is 10.6 Å². The molecule has 2 N–H and O–H groups in total. The van der Waals surface area contributed by atoms with E-state index < -0.39 is 70.7 Å². The summed E-state index contributed by atoms with van der Waals surface area (Å²) in [6.45, 7) is 18.2. The number of carbonyl (C=O) groups excluding carboxylic acids is 5. The summed E-state index contributed by atoms with van der Waals surface area (Å²) in [4.78, 5) is 69.4. The van der Waals surface area contributed by atoms with Gasteiger partial charge in [0.15, 0.2) is 0 Å². The summed E-state index contributed by atoms with van der Waals surface area (Å²) < 4.78 is 129. The average Bonchev–Trinajstić information content (AvgIpc) is 1.61. The number of likely N-dealkylation sites (N-methyl/N-ethyl adjacent to an activating group) is 2. The molecule has 0 spiro atoms. The van der Waals surface area contributed by atoms with E-state index in [1.807, 2.05) is 24.3 Å². The van der Waals surface area contributed by atoms with Crippen molar-refractivity contribution in [2.45, 2.75) is 183 Å². The lowest BCUT2D eigenvalue weighted by atomic mass is 9.98. The number of hydrogen-bond acceptors (Lipinski definition) is 8. The number of amides is 5. The molecule has 5 amide bonds. The molecule has 0 radical (unpaired) electrons. The minimum Gasteiger partial charge on any atom is -0.444 e. The molecule has 0 saturated carbocycles. The van der Waals surface area contributed by atoms with E-state index in [1.54, 1.807) is 153 Å². The van der Waals surface area contributed by atoms with Crippen LogP contribution in [0.1, 0.15) is 145 Å². The van der Waals surface area contributed by atoms with E-state index in [4.69, 9.17) is 9.47 Å². The van der Waals surface area contributed by atoms with Gasteiger partial charge in [0.25, 0.3) is 0 Å². The maximum absolute atomic E-state index is 13.2. The van der Waals surface area contributed by atoms with Gasteiger partial charge in [0.2, 0.25) is 17.7 Å². The van der Waals surface area contributed by atoms with Crippen molar-refractivity contribution in [2.24, 2.45) is 0 Å². The van der Waals surface area contributed by atoms with E-state index in [0.29, 0.717) is 95.4 Å². The van der Waals surface area contributed by atoms with Crippen LogP contribution in [-0.4, -0.2) is 113 Å². The molecule has 0 aromatic heterocycles. The highest BCUT2D eigenvalue weighted by Gasteiger charge is 2.40. The first-order valence-electron chi connectivity index (χ1n) is 31.2. The zero-order valence-corrected chi connectivity index (χ0v) is 56.1. The Morgan fingerprint density at radius 3 is 1.22 bits per heavy atom. The molecule has 97 heavy (non-hydrogen) atoms. The van der Waals surface area contributed by atoms with Crippen LogP contribution in [0.3, 0.4) is 0 Å². The predicted octanol–water partition coefficient (Wildman–Crippen LogP) is 17.8.